The average molecular weight is 1580 g/mol. The van der Waals surface area contributed by atoms with Crippen molar-refractivity contribution in [1.29, 1.82) is 0 Å². The van der Waals surface area contributed by atoms with Crippen molar-refractivity contribution in [2.75, 3.05) is 0 Å². The van der Waals surface area contributed by atoms with E-state index in [9.17, 15) is 4.79 Å². The molecule has 0 atom stereocenters. The van der Waals surface area contributed by atoms with Gasteiger partial charge in [-0.1, -0.05) is 448 Å². The fourth-order valence-electron chi connectivity index (χ4n) is 5.99. The summed E-state index contributed by atoms with van der Waals surface area (Å²) >= 11 is 8.96. The summed E-state index contributed by atoms with van der Waals surface area (Å²) in [6, 6.07) is 54.5. The van der Waals surface area contributed by atoms with E-state index in [1.54, 1.807) is 20.8 Å². The van der Waals surface area contributed by atoms with Crippen LogP contribution in [0.15, 0.2) is 205 Å². The van der Waals surface area contributed by atoms with Gasteiger partial charge < -0.3 is 5.11 Å². The minimum atomic E-state index is -0.458. The molecule has 2 nitrogen and oxygen atoms in total. The van der Waals surface area contributed by atoms with Crippen molar-refractivity contribution in [3.8, 4) is 0 Å². The van der Waals surface area contributed by atoms with Crippen molar-refractivity contribution in [3.05, 3.63) is 249 Å². The van der Waals surface area contributed by atoms with Gasteiger partial charge in [-0.25, -0.2) is 0 Å². The van der Waals surface area contributed by atoms with Crippen LogP contribution in [0.5, 0.6) is 0 Å². The Bertz CT molecular complexity index is 2610. The van der Waals surface area contributed by atoms with Crippen LogP contribution in [0.4, 0.5) is 0 Å². The number of allylic oxidation sites excluding steroid dienone is 3. The zero-order valence-corrected chi connectivity index (χ0v) is 79.4. The quantitative estimate of drug-likeness (QED) is 0.104. The topological polar surface area (TPSA) is 37.3 Å². The normalized spacial score (nSPS) is 12.0. The summed E-state index contributed by atoms with van der Waals surface area (Å²) < 4.78 is 1.14. The van der Waals surface area contributed by atoms with Gasteiger partial charge in [-0.15, -0.1) is 19.7 Å². The second-order valence-corrected chi connectivity index (χ2v) is 33.8. The van der Waals surface area contributed by atoms with E-state index in [4.69, 9.17) is 16.7 Å². The van der Waals surface area contributed by atoms with E-state index in [1.807, 2.05) is 144 Å². The van der Waals surface area contributed by atoms with Crippen molar-refractivity contribution in [2.24, 2.45) is 46.8 Å². The Kier molecular flexibility index (Phi) is 91.1. The molecular formula is C104H178BrClO2. The number of benzene rings is 6. The van der Waals surface area contributed by atoms with E-state index in [0.29, 0.717) is 5.41 Å². The number of halogens is 2. The molecule has 0 amide bonds. The van der Waals surface area contributed by atoms with E-state index in [-0.39, 0.29) is 5.78 Å². The highest BCUT2D eigenvalue weighted by Gasteiger charge is 2.24. The van der Waals surface area contributed by atoms with E-state index >= 15 is 0 Å². The third-order valence-electron chi connectivity index (χ3n) is 16.9. The summed E-state index contributed by atoms with van der Waals surface area (Å²) in [5.74, 6) is 7.24. The molecule has 4 aliphatic carbocycles. The molecule has 0 saturated heterocycles. The number of rotatable bonds is 11. The molecule has 0 spiro atoms. The monoisotopic (exact) mass is 1570 g/mol. The summed E-state index contributed by atoms with van der Waals surface area (Å²) in [5.41, 5.74) is 11.2. The molecule has 4 fully saturated rings. The SMILES string of the molecule is C=C(C)CC.C=C(C)CC.C=CCC.CC(=O)c1ccc(C)cc1.CC(C)C.CC(C)C1CC1.CC1CC1.CCC(C)(C)C.CCC(C)(C)O.CCC(C)C.CCC1CC1.CCC1CCC1.CCCC.CCc1ccccc1.Cc1ccc(Br)cc1.Cc1ccc(Cl)cc1.Cc1ccccc1.Cc1ccccc1. The van der Waals surface area contributed by atoms with Crippen LogP contribution in [0.1, 0.15) is 353 Å². The Morgan fingerprint density at radius 1 is 0.500 bits per heavy atom. The van der Waals surface area contributed by atoms with Crippen LogP contribution in [-0.2, 0) is 6.42 Å². The molecule has 0 radical (unpaired) electrons. The van der Waals surface area contributed by atoms with Gasteiger partial charge in [-0.2, -0.15) is 0 Å². The maximum Gasteiger partial charge on any atom is 0.159 e. The molecule has 10 rings (SSSR count). The lowest BCUT2D eigenvalue weighted by Gasteiger charge is -2.22. The summed E-state index contributed by atoms with van der Waals surface area (Å²) in [5, 5.41) is 9.63. The van der Waals surface area contributed by atoms with Gasteiger partial charge in [0.25, 0.3) is 0 Å². The molecule has 4 aliphatic rings. The van der Waals surface area contributed by atoms with Crippen LogP contribution in [0.3, 0.4) is 0 Å². The predicted octanol–water partition coefficient (Wildman–Crippen LogP) is 36.0. The largest absolute Gasteiger partial charge is 0.390 e. The molecule has 0 unspecified atom stereocenters. The highest BCUT2D eigenvalue weighted by Crippen LogP contribution is 2.36. The summed E-state index contributed by atoms with van der Waals surface area (Å²) in [6.45, 7) is 78.6. The van der Waals surface area contributed by atoms with E-state index in [0.717, 1.165) is 88.6 Å². The summed E-state index contributed by atoms with van der Waals surface area (Å²) in [7, 11) is 0. The first-order valence-electron chi connectivity index (χ1n) is 42.3. The zero-order chi connectivity index (χ0) is 84.9. The minimum Gasteiger partial charge on any atom is -0.390 e. The fourth-order valence-corrected chi connectivity index (χ4v) is 6.38. The lowest BCUT2D eigenvalue weighted by Crippen LogP contribution is -2.15. The first kappa shape index (κ1) is 119. The van der Waals surface area contributed by atoms with Gasteiger partial charge in [0, 0.05) is 15.1 Å². The lowest BCUT2D eigenvalue weighted by molar-refractivity contribution is 0.0764. The van der Waals surface area contributed by atoms with Gasteiger partial charge in [0.15, 0.2) is 5.78 Å². The van der Waals surface area contributed by atoms with Crippen molar-refractivity contribution in [1.82, 2.24) is 0 Å². The third-order valence-corrected chi connectivity index (χ3v) is 17.6. The Labute approximate surface area is 690 Å². The molecule has 108 heavy (non-hydrogen) atoms. The van der Waals surface area contributed by atoms with Gasteiger partial charge in [0.2, 0.25) is 0 Å². The van der Waals surface area contributed by atoms with Gasteiger partial charge in [-0.3, -0.25) is 4.79 Å². The number of ketones is 1. The van der Waals surface area contributed by atoms with Gasteiger partial charge >= 0.3 is 0 Å². The molecular weight excluding hydrogens is 1400 g/mol. The van der Waals surface area contributed by atoms with Crippen LogP contribution >= 0.6 is 27.5 Å². The van der Waals surface area contributed by atoms with E-state index in [1.165, 1.54) is 141 Å². The van der Waals surface area contributed by atoms with Crippen molar-refractivity contribution < 1.29 is 9.90 Å². The number of Topliss-reactive ketones (excluding diaryl/α,β-unsaturated/α-hetero) is 1. The zero-order valence-electron chi connectivity index (χ0n) is 77.1. The maximum absolute atomic E-state index is 10.8. The number of aliphatic hydroxyl groups is 1. The van der Waals surface area contributed by atoms with Crippen molar-refractivity contribution in [2.45, 2.75) is 356 Å². The molecule has 6 aromatic carbocycles. The molecule has 0 heterocycles. The van der Waals surface area contributed by atoms with Crippen molar-refractivity contribution >= 4 is 33.3 Å². The minimum absolute atomic E-state index is 0.125. The Hall–Kier alpha value is -5.06. The van der Waals surface area contributed by atoms with Crippen LogP contribution in [0.25, 0.3) is 0 Å². The highest BCUT2D eigenvalue weighted by molar-refractivity contribution is 9.10. The predicted molar refractivity (Wildman–Crippen MR) is 504 cm³/mol. The molecule has 0 bridgehead atoms. The van der Waals surface area contributed by atoms with Crippen LogP contribution in [-0.4, -0.2) is 16.5 Å². The van der Waals surface area contributed by atoms with Gasteiger partial charge in [0.05, 0.1) is 5.60 Å². The number of hydrogen-bond acceptors (Lipinski definition) is 2. The number of unbranched alkanes of at least 4 members (excludes halogenated alkanes) is 1. The standard InChI is InChI=1S/C9H10O.C8H10.C7H7Br.C7H7Cl.2C7H8.2C6H12.C6H14.C5H12O.C5H10.C5H12.2C5H10.C4H8.2C4H10.C4H8/c1-7-3-5-9(6-4-7)8(2)10;1-2-8-6-4-3-5-7-8;2*1-6-2-4-7(8)5-3-6;2*1-7-5-3-2-4-6-7;1-5(2)6-3-4-6;1-2-6-4-3-5-6;1-5-6(2,3)4;1-4-5(2,3)6;1-2-5-3-4-5;3*1-4-5(2)3;1-4-2-3-4;1-4(2)3;2*1-3-4-2/h3-6H,1-2H3;3-7H,2H2,1H3;2*2-5H,1H3;2*2-6H,1H3;5-6H,3-4H2,1-2H3;6H,2-5H2,1H3;5H2,1-4H3;6H,4H2,1-3H3;5H,2-4H2,1H3;5H,4H2,1-3H3;2*2,4H2,1,3H3;4H,2-3H2,1H3;4H,1-3H3;3-4H2,1-2H3;3H,1,4H2,2H3. The Morgan fingerprint density at radius 3 is 0.889 bits per heavy atom. The molecule has 1 N–H and O–H groups in total. The maximum atomic E-state index is 10.8. The van der Waals surface area contributed by atoms with Crippen LogP contribution < -0.4 is 0 Å². The Balaban J connectivity index is -0.000000164. The molecule has 4 saturated carbocycles. The Morgan fingerprint density at radius 2 is 0.778 bits per heavy atom. The fraction of sp³-hybridized carbons (Fsp3) is 0.587. The van der Waals surface area contributed by atoms with E-state index in [2.05, 4.69) is 263 Å². The van der Waals surface area contributed by atoms with Gasteiger partial charge in [-0.05, 0) is 191 Å². The highest BCUT2D eigenvalue weighted by atomic mass is 79.9. The summed E-state index contributed by atoms with van der Waals surface area (Å²) in [6.07, 6.45) is 28.7. The number of carbonyl (C=O) groups is 1. The summed E-state index contributed by atoms with van der Waals surface area (Å²) in [4.78, 5) is 10.8. The molecule has 4 heteroatoms. The smallest absolute Gasteiger partial charge is 0.159 e. The first-order valence-corrected chi connectivity index (χ1v) is 43.4. The van der Waals surface area contributed by atoms with E-state index < -0.39 is 5.60 Å². The molecule has 620 valence electrons. The first-order chi connectivity index (χ1) is 50.5. The number of aryl methyl sites for hydroxylation is 6. The average Bonchev–Trinajstić information content (AvgIpc) is 1.79. The van der Waals surface area contributed by atoms with Crippen LogP contribution in [0.2, 0.25) is 5.02 Å². The second-order valence-electron chi connectivity index (χ2n) is 32.4. The molecule has 0 aliphatic heterocycles. The second kappa shape index (κ2) is 82.9. The number of carbonyl (C=O) groups excluding carboxylic acids is 1. The van der Waals surface area contributed by atoms with Crippen LogP contribution in [0, 0.1) is 81.5 Å². The molecule has 0 aromatic heterocycles. The lowest BCUT2D eigenvalue weighted by atomic mass is 9.84. The number of hydrogen-bond donors (Lipinski definition) is 1. The van der Waals surface area contributed by atoms with Gasteiger partial charge in [0.1, 0.15) is 0 Å². The molecule has 6 aromatic rings. The van der Waals surface area contributed by atoms with Crippen molar-refractivity contribution in [3.63, 3.8) is 0 Å². The third kappa shape index (κ3) is 119.